The number of nitrogens with zero attached hydrogens (tertiary/aromatic N) is 3. The number of aliphatic hydroxyl groups excluding tert-OH is 1. The molecule has 8 nitrogen and oxygen atoms in total. The number of nitriles is 1. The van der Waals surface area contributed by atoms with E-state index < -0.39 is 6.10 Å². The van der Waals surface area contributed by atoms with Crippen molar-refractivity contribution in [1.82, 2.24) is 15.2 Å². The Kier molecular flexibility index (Phi) is 7.70. The van der Waals surface area contributed by atoms with Crippen molar-refractivity contribution in [2.45, 2.75) is 25.0 Å². The van der Waals surface area contributed by atoms with Gasteiger partial charge in [0.25, 0.3) is 0 Å². The molecule has 1 aliphatic rings. The van der Waals surface area contributed by atoms with Gasteiger partial charge in [-0.3, -0.25) is 14.7 Å². The SMILES string of the molecule is COc1ccc2nccc([C@@H](O)CN(CC(=O)Nc3cccc(C#N)c3)C3CCNCC3)c2c1. The van der Waals surface area contributed by atoms with Crippen molar-refractivity contribution in [3.63, 3.8) is 0 Å². The lowest BCUT2D eigenvalue weighted by molar-refractivity contribution is -0.118. The number of carbonyl (C=O) groups excluding carboxylic acids is 1. The lowest BCUT2D eigenvalue weighted by Gasteiger charge is -2.35. The van der Waals surface area contributed by atoms with Crippen molar-refractivity contribution < 1.29 is 14.6 Å². The van der Waals surface area contributed by atoms with Crippen LogP contribution in [0.5, 0.6) is 5.75 Å². The van der Waals surface area contributed by atoms with Crippen LogP contribution in [0.3, 0.4) is 0 Å². The number of pyridine rings is 1. The van der Waals surface area contributed by atoms with E-state index in [4.69, 9.17) is 10.00 Å². The number of hydrogen-bond acceptors (Lipinski definition) is 7. The monoisotopic (exact) mass is 459 g/mol. The third kappa shape index (κ3) is 5.69. The maximum Gasteiger partial charge on any atom is 0.238 e. The van der Waals surface area contributed by atoms with Gasteiger partial charge in [-0.15, -0.1) is 0 Å². The lowest BCUT2D eigenvalue weighted by atomic mass is 10.0. The highest BCUT2D eigenvalue weighted by molar-refractivity contribution is 5.92. The van der Waals surface area contributed by atoms with E-state index >= 15 is 0 Å². The Balaban J connectivity index is 1.53. The Morgan fingerprint density at radius 3 is 2.88 bits per heavy atom. The molecule has 1 atom stereocenters. The summed E-state index contributed by atoms with van der Waals surface area (Å²) in [5, 5.41) is 27.4. The summed E-state index contributed by atoms with van der Waals surface area (Å²) in [7, 11) is 1.61. The number of anilines is 1. The minimum atomic E-state index is -0.804. The summed E-state index contributed by atoms with van der Waals surface area (Å²) < 4.78 is 5.36. The summed E-state index contributed by atoms with van der Waals surface area (Å²) in [6, 6.07) is 16.5. The topological polar surface area (TPSA) is 111 Å². The van der Waals surface area contributed by atoms with Crippen LogP contribution < -0.4 is 15.4 Å². The summed E-state index contributed by atoms with van der Waals surface area (Å²) in [6.07, 6.45) is 2.68. The molecule has 4 rings (SSSR count). The highest BCUT2D eigenvalue weighted by Crippen LogP contribution is 2.28. The third-order valence-corrected chi connectivity index (χ3v) is 6.20. The maximum absolute atomic E-state index is 12.9. The number of methoxy groups -OCH3 is 1. The van der Waals surface area contributed by atoms with E-state index in [1.807, 2.05) is 24.3 Å². The van der Waals surface area contributed by atoms with Gasteiger partial charge in [-0.05, 0) is 74.0 Å². The van der Waals surface area contributed by atoms with Crippen LogP contribution in [0.4, 0.5) is 5.69 Å². The van der Waals surface area contributed by atoms with Crippen molar-refractivity contribution in [1.29, 1.82) is 5.26 Å². The average molecular weight is 460 g/mol. The Hall–Kier alpha value is -3.51. The van der Waals surface area contributed by atoms with E-state index in [2.05, 4.69) is 26.6 Å². The van der Waals surface area contributed by atoms with Gasteiger partial charge in [-0.2, -0.15) is 5.26 Å². The minimum Gasteiger partial charge on any atom is -0.497 e. The molecule has 0 bridgehead atoms. The third-order valence-electron chi connectivity index (χ3n) is 6.20. The van der Waals surface area contributed by atoms with E-state index in [1.54, 1.807) is 37.6 Å². The number of hydrogen-bond donors (Lipinski definition) is 3. The number of rotatable bonds is 8. The highest BCUT2D eigenvalue weighted by atomic mass is 16.5. The first-order chi connectivity index (χ1) is 16.6. The van der Waals surface area contributed by atoms with E-state index in [9.17, 15) is 9.90 Å². The quantitative estimate of drug-likeness (QED) is 0.475. The first-order valence-electron chi connectivity index (χ1n) is 11.4. The van der Waals surface area contributed by atoms with Gasteiger partial charge in [-0.1, -0.05) is 6.07 Å². The molecule has 1 amide bonds. The van der Waals surface area contributed by atoms with Crippen LogP contribution in [-0.4, -0.2) is 60.2 Å². The molecule has 176 valence electrons. The Bertz CT molecular complexity index is 1190. The zero-order valence-corrected chi connectivity index (χ0v) is 19.2. The zero-order valence-electron chi connectivity index (χ0n) is 19.2. The van der Waals surface area contributed by atoms with Crippen molar-refractivity contribution in [3.05, 3.63) is 65.9 Å². The minimum absolute atomic E-state index is 0.144. The molecule has 1 aromatic heterocycles. The summed E-state index contributed by atoms with van der Waals surface area (Å²) >= 11 is 0. The molecule has 2 heterocycles. The molecule has 8 heteroatoms. The molecule has 0 radical (unpaired) electrons. The lowest BCUT2D eigenvalue weighted by Crippen LogP contribution is -2.47. The predicted molar refractivity (Wildman–Crippen MR) is 131 cm³/mol. The smallest absolute Gasteiger partial charge is 0.238 e. The molecule has 0 saturated carbocycles. The van der Waals surface area contributed by atoms with Crippen LogP contribution >= 0.6 is 0 Å². The fourth-order valence-electron chi connectivity index (χ4n) is 4.45. The second-order valence-corrected chi connectivity index (χ2v) is 8.45. The first-order valence-corrected chi connectivity index (χ1v) is 11.4. The van der Waals surface area contributed by atoms with Gasteiger partial charge in [0.2, 0.25) is 5.91 Å². The van der Waals surface area contributed by atoms with Crippen molar-refractivity contribution >= 4 is 22.5 Å². The second kappa shape index (κ2) is 11.1. The van der Waals surface area contributed by atoms with Gasteiger partial charge in [0.15, 0.2) is 0 Å². The van der Waals surface area contributed by atoms with Gasteiger partial charge in [0.05, 0.1) is 36.9 Å². The van der Waals surface area contributed by atoms with E-state index in [1.165, 1.54) is 0 Å². The zero-order chi connectivity index (χ0) is 23.9. The molecule has 0 unspecified atom stereocenters. The summed E-state index contributed by atoms with van der Waals surface area (Å²) in [4.78, 5) is 19.4. The molecule has 3 aromatic rings. The van der Waals surface area contributed by atoms with Gasteiger partial charge in [0, 0.05) is 29.9 Å². The molecular weight excluding hydrogens is 430 g/mol. The van der Waals surface area contributed by atoms with E-state index in [0.29, 0.717) is 23.5 Å². The Morgan fingerprint density at radius 1 is 1.29 bits per heavy atom. The molecule has 1 fully saturated rings. The van der Waals surface area contributed by atoms with Crippen LogP contribution in [0.15, 0.2) is 54.7 Å². The fraction of sp³-hybridized carbons (Fsp3) is 0.346. The van der Waals surface area contributed by atoms with Gasteiger partial charge < -0.3 is 20.5 Å². The van der Waals surface area contributed by atoms with E-state index in [-0.39, 0.29) is 18.5 Å². The summed E-state index contributed by atoms with van der Waals surface area (Å²) in [5.41, 5.74) is 2.61. The Morgan fingerprint density at radius 2 is 2.12 bits per heavy atom. The highest BCUT2D eigenvalue weighted by Gasteiger charge is 2.26. The molecule has 1 aliphatic heterocycles. The summed E-state index contributed by atoms with van der Waals surface area (Å²) in [5.74, 6) is 0.519. The number of amides is 1. The number of ether oxygens (including phenoxy) is 1. The van der Waals surface area contributed by atoms with Crippen LogP contribution in [0, 0.1) is 11.3 Å². The van der Waals surface area contributed by atoms with Crippen LogP contribution in [0.1, 0.15) is 30.1 Å². The summed E-state index contributed by atoms with van der Waals surface area (Å²) in [6.45, 7) is 2.20. The molecule has 34 heavy (non-hydrogen) atoms. The number of carbonyl (C=O) groups is 1. The van der Waals surface area contributed by atoms with Crippen molar-refractivity contribution in [2.75, 3.05) is 38.6 Å². The van der Waals surface area contributed by atoms with Crippen molar-refractivity contribution in [2.24, 2.45) is 0 Å². The normalized spacial score (nSPS) is 15.1. The molecule has 1 saturated heterocycles. The fourth-order valence-corrected chi connectivity index (χ4v) is 4.45. The number of piperidine rings is 1. The van der Waals surface area contributed by atoms with Crippen LogP contribution in [0.2, 0.25) is 0 Å². The molecular formula is C26H29N5O3. The average Bonchev–Trinajstić information content (AvgIpc) is 2.88. The van der Waals surface area contributed by atoms with Gasteiger partial charge in [0.1, 0.15) is 5.75 Å². The van der Waals surface area contributed by atoms with Crippen LogP contribution in [0.25, 0.3) is 10.9 Å². The number of nitrogens with one attached hydrogen (secondary N) is 2. The number of aromatic nitrogens is 1. The number of aliphatic hydroxyl groups is 1. The molecule has 0 aliphatic carbocycles. The van der Waals surface area contributed by atoms with Gasteiger partial charge >= 0.3 is 0 Å². The number of benzene rings is 2. The predicted octanol–water partition coefficient (Wildman–Crippen LogP) is 2.84. The van der Waals surface area contributed by atoms with Crippen LogP contribution in [-0.2, 0) is 4.79 Å². The standard InChI is InChI=1S/C26H29N5O3/c1-34-21-5-6-24-23(14-21)22(9-12-29-24)25(32)16-31(20-7-10-28-11-8-20)17-26(33)30-19-4-2-3-18(13-19)15-27/h2-6,9,12-14,20,25,28,32H,7-8,10-11,16-17H2,1H3,(H,30,33)/t25-/m0/s1. The first kappa shape index (κ1) is 23.6. The molecule has 0 spiro atoms. The van der Waals surface area contributed by atoms with Gasteiger partial charge in [-0.25, -0.2) is 0 Å². The molecule has 3 N–H and O–H groups in total. The van der Waals surface area contributed by atoms with E-state index in [0.717, 1.165) is 42.4 Å². The van der Waals surface area contributed by atoms with Crippen molar-refractivity contribution in [3.8, 4) is 11.8 Å². The second-order valence-electron chi connectivity index (χ2n) is 8.45. The molecule has 2 aromatic carbocycles. The maximum atomic E-state index is 12.9. The number of fused-ring (bicyclic) bond motifs is 1. The largest absolute Gasteiger partial charge is 0.497 e. The Labute approximate surface area is 199 Å².